The average molecular weight is 389 g/mol. The van der Waals surface area contributed by atoms with Crippen LogP contribution in [0.3, 0.4) is 0 Å². The first kappa shape index (κ1) is 10.5. The van der Waals surface area contributed by atoms with Crippen molar-refractivity contribution in [2.45, 2.75) is 6.92 Å². The fourth-order valence-corrected chi connectivity index (χ4v) is 2.08. The zero-order valence-electron chi connectivity index (χ0n) is 6.79. The van der Waals surface area contributed by atoms with E-state index in [0.29, 0.717) is 5.69 Å². The van der Waals surface area contributed by atoms with Gasteiger partial charge in [0.1, 0.15) is 0 Å². The Morgan fingerprint density at radius 2 is 2.08 bits per heavy atom. The molecule has 0 bridgehead atoms. The van der Waals surface area contributed by atoms with Crippen LogP contribution < -0.4 is 0 Å². The number of rotatable bonds is 0. The molecule has 59 valence electrons. The topological polar surface area (TPSA) is 23.8 Å². The molecule has 0 saturated heterocycles. The first-order valence-corrected chi connectivity index (χ1v) is 4.35. The van der Waals surface area contributed by atoms with Gasteiger partial charge in [-0.15, -0.1) is 17.0 Å². The van der Waals surface area contributed by atoms with Crippen LogP contribution in [-0.4, -0.2) is 0 Å². The molecule has 1 N–H and O–H groups in total. The summed E-state index contributed by atoms with van der Waals surface area (Å²) in [6.07, 6.45) is 0. The van der Waals surface area contributed by atoms with Crippen molar-refractivity contribution in [2.24, 2.45) is 0 Å². The van der Waals surface area contributed by atoms with E-state index in [-0.39, 0.29) is 44.1 Å². The van der Waals surface area contributed by atoms with Crippen molar-refractivity contribution in [2.75, 3.05) is 0 Å². The van der Waals surface area contributed by atoms with Gasteiger partial charge in [0.25, 0.3) is 0 Å². The van der Waals surface area contributed by atoms with Crippen molar-refractivity contribution in [1.82, 2.24) is 0 Å². The van der Waals surface area contributed by atoms with E-state index in [1.165, 1.54) is 15.6 Å². The summed E-state index contributed by atoms with van der Waals surface area (Å²) in [5.41, 5.74) is 9.29. The second kappa shape index (κ2) is 4.09. The Morgan fingerprint density at radius 1 is 1.33 bits per heavy atom. The summed E-state index contributed by atoms with van der Waals surface area (Å²) in [7, 11) is 0. The molecule has 1 heterocycles. The molecule has 0 spiro atoms. The Bertz CT molecular complexity index is 394. The first-order valence-electron chi connectivity index (χ1n) is 3.47. The third-order valence-corrected chi connectivity index (χ3v) is 2.85. The Hall–Kier alpha value is 0.422. The maximum atomic E-state index is 7.42. The van der Waals surface area contributed by atoms with Crippen LogP contribution in [0.15, 0.2) is 23.6 Å². The molecular weight excluding hydrogens is 381 g/mol. The van der Waals surface area contributed by atoms with E-state index in [0.717, 1.165) is 0 Å². The number of benzene rings is 1. The zero-order chi connectivity index (χ0) is 7.84. The predicted molar refractivity (Wildman–Crippen MR) is 50.5 cm³/mol. The van der Waals surface area contributed by atoms with Crippen LogP contribution in [0.5, 0.6) is 0 Å². The van der Waals surface area contributed by atoms with Gasteiger partial charge >= 0.3 is 0 Å². The van der Waals surface area contributed by atoms with Crippen LogP contribution in [-0.2, 0) is 0 Å². The molecular formula is C9H8AcNS-. The van der Waals surface area contributed by atoms with E-state index >= 15 is 0 Å². The molecule has 1 nitrogen and oxygen atoms in total. The summed E-state index contributed by atoms with van der Waals surface area (Å²) in [6, 6.07) is 5.76. The second-order valence-electron chi connectivity index (χ2n) is 2.63. The van der Waals surface area contributed by atoms with Crippen molar-refractivity contribution >= 4 is 27.1 Å². The summed E-state index contributed by atoms with van der Waals surface area (Å²) < 4.78 is 1.28. The van der Waals surface area contributed by atoms with Crippen LogP contribution in [0.2, 0.25) is 0 Å². The summed E-state index contributed by atoms with van der Waals surface area (Å²) >= 11 is 1.74. The Labute approximate surface area is 112 Å². The average Bonchev–Trinajstić information content (AvgIpc) is 2.33. The third kappa shape index (κ3) is 1.84. The standard InChI is InChI=1S/C9H8NS.Ac/c1-6-5-11-9-3-2-7(10)4-8(6)9;/h2-5,10H,1H3;/q-1;. The fraction of sp³-hybridized carbons (Fsp3) is 0.111. The van der Waals surface area contributed by atoms with Gasteiger partial charge in [0.2, 0.25) is 0 Å². The van der Waals surface area contributed by atoms with Crippen LogP contribution >= 0.6 is 11.3 Å². The largest absolute Gasteiger partial charge is 0.699 e. The Kier molecular flexibility index (Phi) is 3.58. The monoisotopic (exact) mass is 389 g/mol. The van der Waals surface area contributed by atoms with Crippen molar-refractivity contribution in [3.63, 3.8) is 0 Å². The molecule has 0 atom stereocenters. The van der Waals surface area contributed by atoms with Gasteiger partial charge in [-0.3, -0.25) is 0 Å². The van der Waals surface area contributed by atoms with Gasteiger partial charge in [0.05, 0.1) is 0 Å². The predicted octanol–water partition coefficient (Wildman–Crippen LogP) is 3.89. The van der Waals surface area contributed by atoms with Crippen molar-refractivity contribution in [1.29, 1.82) is 0 Å². The van der Waals surface area contributed by atoms with Gasteiger partial charge in [-0.05, 0) is 29.3 Å². The minimum absolute atomic E-state index is 0. The van der Waals surface area contributed by atoms with Crippen molar-refractivity contribution in [3.05, 3.63) is 34.9 Å². The molecule has 0 aliphatic heterocycles. The van der Waals surface area contributed by atoms with Gasteiger partial charge in [0.15, 0.2) is 0 Å². The van der Waals surface area contributed by atoms with E-state index in [4.69, 9.17) is 5.73 Å². The number of aryl methyl sites for hydroxylation is 1. The van der Waals surface area contributed by atoms with E-state index in [1.54, 1.807) is 11.3 Å². The number of thiophene rings is 1. The number of fused-ring (bicyclic) bond motifs is 1. The Balaban J connectivity index is 0.000000720. The molecule has 0 amide bonds. The molecule has 12 heavy (non-hydrogen) atoms. The van der Waals surface area contributed by atoms with Gasteiger partial charge in [-0.1, -0.05) is 12.1 Å². The van der Waals surface area contributed by atoms with Crippen LogP contribution in [0.1, 0.15) is 5.56 Å². The van der Waals surface area contributed by atoms with Crippen molar-refractivity contribution in [3.8, 4) is 0 Å². The second-order valence-corrected chi connectivity index (χ2v) is 3.54. The number of hydrogen-bond acceptors (Lipinski definition) is 1. The third-order valence-electron chi connectivity index (χ3n) is 1.77. The molecule has 1 radical (unpaired) electrons. The minimum Gasteiger partial charge on any atom is -0.699 e. The van der Waals surface area contributed by atoms with Gasteiger partial charge in [0, 0.05) is 48.8 Å². The molecule has 2 rings (SSSR count). The zero-order valence-corrected chi connectivity index (χ0v) is 12.4. The van der Waals surface area contributed by atoms with Crippen LogP contribution in [0, 0.1) is 51.0 Å². The summed E-state index contributed by atoms with van der Waals surface area (Å²) in [5, 5.41) is 3.35. The molecule has 0 saturated carbocycles. The molecule has 2 aromatic rings. The number of hydrogen-bond donors (Lipinski definition) is 0. The quantitative estimate of drug-likeness (QED) is 0.653. The maximum Gasteiger partial charge on any atom is 0.0344 e. The van der Waals surface area contributed by atoms with E-state index in [9.17, 15) is 0 Å². The fourth-order valence-electron chi connectivity index (χ4n) is 1.16. The van der Waals surface area contributed by atoms with Crippen LogP contribution in [0.25, 0.3) is 15.8 Å². The van der Waals surface area contributed by atoms with Gasteiger partial charge < -0.3 is 5.73 Å². The van der Waals surface area contributed by atoms with Gasteiger partial charge in [-0.25, -0.2) is 0 Å². The molecule has 0 unspecified atom stereocenters. The Morgan fingerprint density at radius 3 is 2.83 bits per heavy atom. The van der Waals surface area contributed by atoms with Crippen LogP contribution in [0.4, 0.5) is 5.69 Å². The minimum atomic E-state index is 0. The molecule has 0 aliphatic rings. The molecule has 1 aromatic carbocycles. The molecule has 0 fully saturated rings. The van der Waals surface area contributed by atoms with E-state index in [1.807, 2.05) is 18.2 Å². The molecule has 1 aromatic heterocycles. The summed E-state index contributed by atoms with van der Waals surface area (Å²) in [5.74, 6) is 0. The normalized spacial score (nSPS) is 9.75. The molecule has 0 aliphatic carbocycles. The molecule has 3 heteroatoms. The van der Waals surface area contributed by atoms with E-state index < -0.39 is 0 Å². The summed E-state index contributed by atoms with van der Waals surface area (Å²) in [6.45, 7) is 2.08. The summed E-state index contributed by atoms with van der Waals surface area (Å²) in [4.78, 5) is 0. The smallest absolute Gasteiger partial charge is 0.0344 e. The first-order chi connectivity index (χ1) is 5.27. The maximum absolute atomic E-state index is 7.42. The van der Waals surface area contributed by atoms with E-state index in [2.05, 4.69) is 12.3 Å². The number of nitrogens with one attached hydrogen (secondary N) is 1. The SMILES string of the molecule is Cc1csc2ccc([NH-])cc12.[Ac]. The van der Waals surface area contributed by atoms with Crippen molar-refractivity contribution < 1.29 is 44.1 Å². The van der Waals surface area contributed by atoms with Gasteiger partial charge in [-0.2, -0.15) is 0 Å².